The van der Waals surface area contributed by atoms with Crippen molar-refractivity contribution in [3.05, 3.63) is 0 Å². The smallest absolute Gasteiger partial charge is 0.316 e. The van der Waals surface area contributed by atoms with Gasteiger partial charge in [-0.2, -0.15) is 0 Å². The summed E-state index contributed by atoms with van der Waals surface area (Å²) in [5.41, 5.74) is 0. The predicted octanol–water partition coefficient (Wildman–Crippen LogP) is -0.0130. The van der Waals surface area contributed by atoms with Crippen molar-refractivity contribution in [2.45, 2.75) is 20.3 Å². The Morgan fingerprint density at radius 1 is 1.53 bits per heavy atom. The molecule has 0 saturated carbocycles. The SMILES string of the molecule is CCOC(=O)C1CCN(C(C)=O)CC1=O. The molecule has 1 heterocycles. The van der Waals surface area contributed by atoms with Gasteiger partial charge in [0.15, 0.2) is 5.78 Å². The number of piperidine rings is 1. The van der Waals surface area contributed by atoms with Gasteiger partial charge in [0.1, 0.15) is 5.92 Å². The first kappa shape index (κ1) is 11.7. The highest BCUT2D eigenvalue weighted by Crippen LogP contribution is 2.15. The lowest BCUT2D eigenvalue weighted by Gasteiger charge is -2.28. The summed E-state index contributed by atoms with van der Waals surface area (Å²) in [5, 5.41) is 0. The van der Waals surface area contributed by atoms with Gasteiger partial charge in [-0.05, 0) is 13.3 Å². The number of Topliss-reactive ketones (excluding diaryl/α,β-unsaturated/α-hetero) is 1. The van der Waals surface area contributed by atoms with Crippen LogP contribution in [0.1, 0.15) is 20.3 Å². The van der Waals surface area contributed by atoms with E-state index in [0.717, 1.165) is 0 Å². The molecule has 1 aliphatic heterocycles. The van der Waals surface area contributed by atoms with Crippen LogP contribution in [-0.2, 0) is 19.1 Å². The third kappa shape index (κ3) is 2.78. The maximum absolute atomic E-state index is 11.5. The third-order valence-electron chi connectivity index (χ3n) is 2.44. The second-order valence-corrected chi connectivity index (χ2v) is 3.50. The minimum absolute atomic E-state index is 0.0266. The van der Waals surface area contributed by atoms with Crippen molar-refractivity contribution in [1.29, 1.82) is 0 Å². The summed E-state index contributed by atoms with van der Waals surface area (Å²) in [6.07, 6.45) is 0.372. The quantitative estimate of drug-likeness (QED) is 0.478. The van der Waals surface area contributed by atoms with Crippen LogP contribution in [0, 0.1) is 5.92 Å². The van der Waals surface area contributed by atoms with Gasteiger partial charge in [0, 0.05) is 13.5 Å². The number of rotatable bonds is 2. The van der Waals surface area contributed by atoms with Crippen molar-refractivity contribution >= 4 is 17.7 Å². The molecule has 0 aliphatic carbocycles. The fraction of sp³-hybridized carbons (Fsp3) is 0.700. The first-order valence-corrected chi connectivity index (χ1v) is 5.01. The lowest BCUT2D eigenvalue weighted by Crippen LogP contribution is -2.46. The average Bonchev–Trinajstić information content (AvgIpc) is 2.17. The first-order chi connectivity index (χ1) is 7.06. The van der Waals surface area contributed by atoms with Gasteiger partial charge in [-0.1, -0.05) is 0 Å². The highest BCUT2D eigenvalue weighted by atomic mass is 16.5. The molecule has 5 nitrogen and oxygen atoms in total. The van der Waals surface area contributed by atoms with Gasteiger partial charge in [0.05, 0.1) is 13.2 Å². The lowest BCUT2D eigenvalue weighted by molar-refractivity contribution is -0.155. The van der Waals surface area contributed by atoms with Gasteiger partial charge >= 0.3 is 5.97 Å². The molecule has 1 atom stereocenters. The van der Waals surface area contributed by atoms with E-state index < -0.39 is 11.9 Å². The number of ketones is 1. The summed E-state index contributed by atoms with van der Waals surface area (Å²) >= 11 is 0. The van der Waals surface area contributed by atoms with Crippen molar-refractivity contribution in [2.24, 2.45) is 5.92 Å². The van der Waals surface area contributed by atoms with E-state index >= 15 is 0 Å². The number of nitrogens with zero attached hydrogens (tertiary/aromatic N) is 1. The van der Waals surface area contributed by atoms with Crippen LogP contribution in [0.25, 0.3) is 0 Å². The first-order valence-electron chi connectivity index (χ1n) is 5.01. The van der Waals surface area contributed by atoms with E-state index in [1.807, 2.05) is 0 Å². The van der Waals surface area contributed by atoms with Gasteiger partial charge in [-0.25, -0.2) is 0 Å². The summed E-state index contributed by atoms with van der Waals surface area (Å²) in [4.78, 5) is 35.3. The lowest BCUT2D eigenvalue weighted by atomic mass is 9.95. The van der Waals surface area contributed by atoms with Crippen LogP contribution in [0.4, 0.5) is 0 Å². The predicted molar refractivity (Wildman–Crippen MR) is 52.0 cm³/mol. The maximum atomic E-state index is 11.5. The molecule has 1 unspecified atom stereocenters. The molecule has 0 aromatic carbocycles. The molecule has 0 N–H and O–H groups in total. The molecular weight excluding hydrogens is 198 g/mol. The van der Waals surface area contributed by atoms with E-state index in [0.29, 0.717) is 13.0 Å². The van der Waals surface area contributed by atoms with Crippen molar-refractivity contribution in [3.8, 4) is 0 Å². The van der Waals surface area contributed by atoms with Crippen LogP contribution in [0.3, 0.4) is 0 Å². The Bertz CT molecular complexity index is 287. The molecule has 0 aromatic heterocycles. The van der Waals surface area contributed by atoms with Gasteiger partial charge < -0.3 is 9.64 Å². The van der Waals surface area contributed by atoms with Gasteiger partial charge in [-0.3, -0.25) is 14.4 Å². The van der Waals surface area contributed by atoms with Crippen LogP contribution < -0.4 is 0 Å². The molecule has 84 valence electrons. The van der Waals surface area contributed by atoms with Crippen molar-refractivity contribution in [3.63, 3.8) is 0 Å². The van der Waals surface area contributed by atoms with Crippen LogP contribution in [0.5, 0.6) is 0 Å². The molecule has 1 aliphatic rings. The number of ether oxygens (including phenoxy) is 1. The molecule has 1 saturated heterocycles. The van der Waals surface area contributed by atoms with E-state index in [-0.39, 0.29) is 24.8 Å². The Morgan fingerprint density at radius 2 is 2.20 bits per heavy atom. The standard InChI is InChI=1S/C10H15NO4/c1-3-15-10(14)8-4-5-11(7(2)12)6-9(8)13/h8H,3-6H2,1-2H3. The zero-order chi connectivity index (χ0) is 11.4. The third-order valence-corrected chi connectivity index (χ3v) is 2.44. The van der Waals surface area contributed by atoms with Gasteiger partial charge in [0.2, 0.25) is 5.91 Å². The fourth-order valence-electron chi connectivity index (χ4n) is 1.58. The molecule has 0 radical (unpaired) electrons. The van der Waals surface area contributed by atoms with Crippen LogP contribution in [0.15, 0.2) is 0 Å². The molecule has 5 heteroatoms. The Kier molecular flexibility index (Phi) is 3.82. The molecular formula is C10H15NO4. The second-order valence-electron chi connectivity index (χ2n) is 3.50. The molecule has 0 bridgehead atoms. The van der Waals surface area contributed by atoms with E-state index in [2.05, 4.69) is 0 Å². The Balaban J connectivity index is 2.56. The summed E-state index contributed by atoms with van der Waals surface area (Å²) in [6, 6.07) is 0. The average molecular weight is 213 g/mol. The number of hydrogen-bond donors (Lipinski definition) is 0. The minimum Gasteiger partial charge on any atom is -0.465 e. The molecule has 0 aromatic rings. The molecule has 1 fully saturated rings. The van der Waals surface area contributed by atoms with Crippen LogP contribution in [0.2, 0.25) is 0 Å². The zero-order valence-electron chi connectivity index (χ0n) is 8.99. The second kappa shape index (κ2) is 4.91. The number of carbonyl (C=O) groups is 3. The number of esters is 1. The summed E-state index contributed by atoms with van der Waals surface area (Å²) in [6.45, 7) is 3.87. The number of amides is 1. The van der Waals surface area contributed by atoms with Crippen molar-refractivity contribution in [2.75, 3.05) is 19.7 Å². The van der Waals surface area contributed by atoms with Gasteiger partial charge in [0.25, 0.3) is 0 Å². The normalized spacial score (nSPS) is 21.3. The van der Waals surface area contributed by atoms with E-state index in [1.54, 1.807) is 6.92 Å². The zero-order valence-corrected chi connectivity index (χ0v) is 8.99. The van der Waals surface area contributed by atoms with Crippen LogP contribution in [-0.4, -0.2) is 42.3 Å². The van der Waals surface area contributed by atoms with Crippen LogP contribution >= 0.6 is 0 Å². The Hall–Kier alpha value is -1.39. The Labute approximate surface area is 88.4 Å². The number of hydrogen-bond acceptors (Lipinski definition) is 4. The van der Waals surface area contributed by atoms with E-state index in [4.69, 9.17) is 4.74 Å². The van der Waals surface area contributed by atoms with Gasteiger partial charge in [-0.15, -0.1) is 0 Å². The molecule has 1 rings (SSSR count). The fourth-order valence-corrected chi connectivity index (χ4v) is 1.58. The highest BCUT2D eigenvalue weighted by Gasteiger charge is 2.34. The van der Waals surface area contributed by atoms with Crippen molar-refractivity contribution in [1.82, 2.24) is 4.90 Å². The van der Waals surface area contributed by atoms with E-state index in [9.17, 15) is 14.4 Å². The maximum Gasteiger partial charge on any atom is 0.316 e. The number of carbonyl (C=O) groups excluding carboxylic acids is 3. The number of likely N-dealkylation sites (tertiary alicyclic amines) is 1. The summed E-state index contributed by atoms with van der Waals surface area (Å²) in [5.74, 6) is -1.51. The minimum atomic E-state index is -0.680. The molecule has 15 heavy (non-hydrogen) atoms. The highest BCUT2D eigenvalue weighted by molar-refractivity contribution is 6.01. The largest absolute Gasteiger partial charge is 0.465 e. The summed E-state index contributed by atoms with van der Waals surface area (Å²) < 4.78 is 4.78. The van der Waals surface area contributed by atoms with E-state index in [1.165, 1.54) is 11.8 Å². The summed E-state index contributed by atoms with van der Waals surface area (Å²) in [7, 11) is 0. The van der Waals surface area contributed by atoms with Crippen molar-refractivity contribution < 1.29 is 19.1 Å². The molecule has 1 amide bonds. The molecule has 0 spiro atoms. The monoisotopic (exact) mass is 213 g/mol. The topological polar surface area (TPSA) is 63.7 Å². The Morgan fingerprint density at radius 3 is 2.67 bits per heavy atom.